The molecule has 20 heavy (non-hydrogen) atoms. The normalized spacial score (nSPS) is 15.1. The number of nitrogens with two attached hydrogens (primary N) is 1. The number of aromatic nitrogens is 1. The molecular formula is C12H11N3O5. The standard InChI is InChI=1S/C12H11N3O5/c13-8(16)4-3-7(12(19)20)15-10(17)6-2-1-5-14-9(6)11(15)18/h1-2,5,7H,3-4H2,(H2,13,16)(H,19,20). The highest BCUT2D eigenvalue weighted by molar-refractivity contribution is 6.21. The molecule has 2 heterocycles. The quantitative estimate of drug-likeness (QED) is 0.691. The molecule has 2 rings (SSSR count). The van der Waals surface area contributed by atoms with Crippen molar-refractivity contribution >= 4 is 23.7 Å². The summed E-state index contributed by atoms with van der Waals surface area (Å²) in [6, 6.07) is 1.44. The molecule has 0 bridgehead atoms. The summed E-state index contributed by atoms with van der Waals surface area (Å²) in [5, 5.41) is 9.14. The molecule has 0 aliphatic carbocycles. The molecule has 1 aliphatic heterocycles. The van der Waals surface area contributed by atoms with Crippen molar-refractivity contribution in [2.24, 2.45) is 5.73 Å². The van der Waals surface area contributed by atoms with Crippen molar-refractivity contribution in [1.29, 1.82) is 0 Å². The Morgan fingerprint density at radius 3 is 2.60 bits per heavy atom. The zero-order valence-electron chi connectivity index (χ0n) is 10.3. The molecule has 0 fully saturated rings. The van der Waals surface area contributed by atoms with Crippen LogP contribution in [0.5, 0.6) is 0 Å². The molecule has 3 N–H and O–H groups in total. The van der Waals surface area contributed by atoms with Crippen LogP contribution in [-0.2, 0) is 9.59 Å². The van der Waals surface area contributed by atoms with Crippen LogP contribution in [0.4, 0.5) is 0 Å². The SMILES string of the molecule is NC(=O)CCC(C(=O)O)N1C(=O)c2cccnc2C1=O. The third-order valence-corrected chi connectivity index (χ3v) is 2.94. The van der Waals surface area contributed by atoms with Crippen molar-refractivity contribution < 1.29 is 24.3 Å². The van der Waals surface area contributed by atoms with E-state index >= 15 is 0 Å². The fourth-order valence-electron chi connectivity index (χ4n) is 2.01. The first-order valence-corrected chi connectivity index (χ1v) is 5.77. The van der Waals surface area contributed by atoms with Crippen LogP contribution in [0.2, 0.25) is 0 Å². The second-order valence-electron chi connectivity index (χ2n) is 4.24. The Morgan fingerprint density at radius 1 is 1.35 bits per heavy atom. The van der Waals surface area contributed by atoms with E-state index in [1.54, 1.807) is 0 Å². The van der Waals surface area contributed by atoms with E-state index in [0.29, 0.717) is 4.90 Å². The third kappa shape index (κ3) is 2.22. The molecule has 0 spiro atoms. The Bertz CT molecular complexity index is 578. The molecule has 8 nitrogen and oxygen atoms in total. The molecule has 3 amide bonds. The van der Waals surface area contributed by atoms with Crippen molar-refractivity contribution in [1.82, 2.24) is 9.88 Å². The van der Waals surface area contributed by atoms with Gasteiger partial charge < -0.3 is 10.8 Å². The molecule has 1 unspecified atom stereocenters. The third-order valence-electron chi connectivity index (χ3n) is 2.94. The van der Waals surface area contributed by atoms with Crippen LogP contribution in [0, 0.1) is 0 Å². The van der Waals surface area contributed by atoms with Crippen molar-refractivity contribution in [3.63, 3.8) is 0 Å². The largest absolute Gasteiger partial charge is 0.480 e. The second kappa shape index (κ2) is 5.08. The van der Waals surface area contributed by atoms with Crippen LogP contribution in [0.25, 0.3) is 0 Å². The van der Waals surface area contributed by atoms with Crippen LogP contribution >= 0.6 is 0 Å². The second-order valence-corrected chi connectivity index (χ2v) is 4.24. The Labute approximate surface area is 113 Å². The molecule has 8 heteroatoms. The highest BCUT2D eigenvalue weighted by Gasteiger charge is 2.43. The average Bonchev–Trinajstić information content (AvgIpc) is 2.64. The first-order valence-electron chi connectivity index (χ1n) is 5.77. The Morgan fingerprint density at radius 2 is 2.05 bits per heavy atom. The molecule has 0 radical (unpaired) electrons. The molecule has 0 saturated heterocycles. The Kier molecular flexibility index (Phi) is 3.47. The van der Waals surface area contributed by atoms with E-state index in [4.69, 9.17) is 10.8 Å². The minimum atomic E-state index is -1.43. The van der Waals surface area contributed by atoms with E-state index in [1.807, 2.05) is 0 Å². The van der Waals surface area contributed by atoms with E-state index in [9.17, 15) is 19.2 Å². The summed E-state index contributed by atoms with van der Waals surface area (Å²) in [7, 11) is 0. The van der Waals surface area contributed by atoms with Gasteiger partial charge in [0.1, 0.15) is 11.7 Å². The first-order chi connectivity index (χ1) is 9.43. The van der Waals surface area contributed by atoms with Gasteiger partial charge in [-0.15, -0.1) is 0 Å². The number of primary amides is 1. The number of carboxylic acids is 1. The molecule has 1 aromatic heterocycles. The molecule has 0 aromatic carbocycles. The maximum Gasteiger partial charge on any atom is 0.326 e. The van der Waals surface area contributed by atoms with Crippen LogP contribution in [0.1, 0.15) is 33.7 Å². The molecule has 1 aromatic rings. The lowest BCUT2D eigenvalue weighted by Gasteiger charge is -2.21. The summed E-state index contributed by atoms with van der Waals surface area (Å²) < 4.78 is 0. The van der Waals surface area contributed by atoms with Gasteiger partial charge in [0, 0.05) is 12.6 Å². The number of imide groups is 1. The molecule has 104 valence electrons. The first kappa shape index (κ1) is 13.7. The van der Waals surface area contributed by atoms with E-state index in [2.05, 4.69) is 4.98 Å². The number of aliphatic carboxylic acids is 1. The van der Waals surface area contributed by atoms with Gasteiger partial charge in [-0.25, -0.2) is 4.79 Å². The number of hydrogen-bond donors (Lipinski definition) is 2. The number of hydrogen-bond acceptors (Lipinski definition) is 5. The van der Waals surface area contributed by atoms with Crippen molar-refractivity contribution in [2.75, 3.05) is 0 Å². The molecular weight excluding hydrogens is 266 g/mol. The minimum absolute atomic E-state index is 0.0582. The van der Waals surface area contributed by atoms with Crippen LogP contribution in [0.3, 0.4) is 0 Å². The summed E-state index contributed by atoms with van der Waals surface area (Å²) in [6.07, 6.45) is 0.876. The predicted molar refractivity (Wildman–Crippen MR) is 64.6 cm³/mol. The average molecular weight is 277 g/mol. The highest BCUT2D eigenvalue weighted by Crippen LogP contribution is 2.24. The monoisotopic (exact) mass is 277 g/mol. The Balaban J connectivity index is 2.32. The van der Waals surface area contributed by atoms with E-state index in [-0.39, 0.29) is 24.1 Å². The predicted octanol–water partition coefficient (Wildman–Crippen LogP) is -0.604. The fourth-order valence-corrected chi connectivity index (χ4v) is 2.01. The maximum atomic E-state index is 12.1. The van der Waals surface area contributed by atoms with Gasteiger partial charge in [0.05, 0.1) is 5.56 Å². The van der Waals surface area contributed by atoms with Crippen molar-refractivity contribution in [3.8, 4) is 0 Å². The molecule has 0 saturated carbocycles. The molecule has 1 atom stereocenters. The zero-order valence-corrected chi connectivity index (χ0v) is 10.3. The van der Waals surface area contributed by atoms with Crippen molar-refractivity contribution in [2.45, 2.75) is 18.9 Å². The number of carbonyl (C=O) groups excluding carboxylic acids is 3. The van der Waals surface area contributed by atoms with E-state index in [0.717, 1.165) is 0 Å². The number of fused-ring (bicyclic) bond motifs is 1. The molecule has 1 aliphatic rings. The summed E-state index contributed by atoms with van der Waals surface area (Å²) in [5.41, 5.74) is 4.94. The summed E-state index contributed by atoms with van der Waals surface area (Å²) in [5.74, 6) is -3.58. The fraction of sp³-hybridized carbons (Fsp3) is 0.250. The van der Waals surface area contributed by atoms with E-state index in [1.165, 1.54) is 18.3 Å². The Hall–Kier alpha value is -2.77. The number of pyridine rings is 1. The van der Waals surface area contributed by atoms with Crippen LogP contribution in [-0.4, -0.2) is 44.7 Å². The van der Waals surface area contributed by atoms with Gasteiger partial charge in [0.25, 0.3) is 11.8 Å². The number of rotatable bonds is 5. The number of carboxylic acid groups (broad SMARTS) is 1. The van der Waals surface area contributed by atoms with Gasteiger partial charge in [-0.05, 0) is 18.6 Å². The number of nitrogens with zero attached hydrogens (tertiary/aromatic N) is 2. The smallest absolute Gasteiger partial charge is 0.326 e. The lowest BCUT2D eigenvalue weighted by atomic mass is 10.1. The van der Waals surface area contributed by atoms with Gasteiger partial charge in [-0.1, -0.05) is 0 Å². The lowest BCUT2D eigenvalue weighted by Crippen LogP contribution is -2.45. The summed E-state index contributed by atoms with van der Waals surface area (Å²) in [4.78, 5) is 50.5. The minimum Gasteiger partial charge on any atom is -0.480 e. The van der Waals surface area contributed by atoms with Crippen molar-refractivity contribution in [3.05, 3.63) is 29.6 Å². The summed E-state index contributed by atoms with van der Waals surface area (Å²) in [6.45, 7) is 0. The van der Waals surface area contributed by atoms with E-state index < -0.39 is 29.7 Å². The zero-order chi connectivity index (χ0) is 14.9. The highest BCUT2D eigenvalue weighted by atomic mass is 16.4. The summed E-state index contributed by atoms with van der Waals surface area (Å²) >= 11 is 0. The van der Waals surface area contributed by atoms with Gasteiger partial charge in [0.2, 0.25) is 5.91 Å². The lowest BCUT2D eigenvalue weighted by molar-refractivity contribution is -0.141. The maximum absolute atomic E-state index is 12.1. The van der Waals surface area contributed by atoms with Gasteiger partial charge in [-0.3, -0.25) is 24.3 Å². The topological polar surface area (TPSA) is 131 Å². The number of carbonyl (C=O) groups is 4. The van der Waals surface area contributed by atoms with Gasteiger partial charge in [-0.2, -0.15) is 0 Å². The van der Waals surface area contributed by atoms with Crippen LogP contribution < -0.4 is 5.73 Å². The number of amides is 3. The van der Waals surface area contributed by atoms with Gasteiger partial charge in [0.15, 0.2) is 0 Å². The van der Waals surface area contributed by atoms with Gasteiger partial charge >= 0.3 is 5.97 Å². The van der Waals surface area contributed by atoms with Crippen LogP contribution in [0.15, 0.2) is 18.3 Å².